The van der Waals surface area contributed by atoms with Crippen molar-refractivity contribution in [3.8, 4) is 0 Å². The smallest absolute Gasteiger partial charge is 0.307 e. The van der Waals surface area contributed by atoms with Crippen molar-refractivity contribution < 1.29 is 14.3 Å². The van der Waals surface area contributed by atoms with Gasteiger partial charge in [0.25, 0.3) is 5.91 Å². The summed E-state index contributed by atoms with van der Waals surface area (Å²) in [6.45, 7) is 4.45. The van der Waals surface area contributed by atoms with E-state index in [1.807, 2.05) is 32.0 Å². The fourth-order valence-corrected chi connectivity index (χ4v) is 2.29. The Hall–Kier alpha value is -2.33. The Labute approximate surface area is 146 Å². The average molecular weight is 346 g/mol. The van der Waals surface area contributed by atoms with E-state index in [1.165, 1.54) is 0 Å². The third-order valence-corrected chi connectivity index (χ3v) is 3.87. The number of nitrogens with one attached hydrogen (secondary N) is 1. The van der Waals surface area contributed by atoms with Crippen LogP contribution in [0.3, 0.4) is 0 Å². The lowest BCUT2D eigenvalue weighted by Gasteiger charge is -2.09. The topological polar surface area (TPSA) is 55.4 Å². The molecule has 0 bridgehead atoms. The molecule has 24 heavy (non-hydrogen) atoms. The molecule has 0 fully saturated rings. The van der Waals surface area contributed by atoms with E-state index < -0.39 is 0 Å². The molecular weight excluding hydrogens is 326 g/mol. The minimum absolute atomic E-state index is 0.129. The summed E-state index contributed by atoms with van der Waals surface area (Å²) in [6.07, 6.45) is 0.129. The Morgan fingerprint density at radius 1 is 1.08 bits per heavy atom. The van der Waals surface area contributed by atoms with Crippen LogP contribution in [0, 0.1) is 13.8 Å². The van der Waals surface area contributed by atoms with Gasteiger partial charge in [0.05, 0.1) is 6.42 Å². The molecular formula is C19H20ClNO3. The van der Waals surface area contributed by atoms with Crippen LogP contribution in [0.4, 0.5) is 0 Å². The molecule has 4 nitrogen and oxygen atoms in total. The van der Waals surface area contributed by atoms with Crippen molar-refractivity contribution in [1.29, 1.82) is 0 Å². The van der Waals surface area contributed by atoms with Crippen molar-refractivity contribution in [3.63, 3.8) is 0 Å². The van der Waals surface area contributed by atoms with Crippen LogP contribution >= 0.6 is 11.6 Å². The van der Waals surface area contributed by atoms with Gasteiger partial charge in [0.1, 0.15) is 6.61 Å². The van der Waals surface area contributed by atoms with Crippen molar-refractivity contribution in [2.45, 2.75) is 26.9 Å². The van der Waals surface area contributed by atoms with Crippen molar-refractivity contribution in [2.24, 2.45) is 0 Å². The van der Waals surface area contributed by atoms with Gasteiger partial charge in [0, 0.05) is 17.1 Å². The van der Waals surface area contributed by atoms with Crippen LogP contribution in [0.25, 0.3) is 0 Å². The molecule has 0 aliphatic carbocycles. The molecule has 0 atom stereocenters. The summed E-state index contributed by atoms with van der Waals surface area (Å²) in [5.41, 5.74) is 3.71. The number of rotatable bonds is 6. The zero-order chi connectivity index (χ0) is 17.5. The Kier molecular flexibility index (Phi) is 6.38. The first-order valence-electron chi connectivity index (χ1n) is 7.71. The summed E-state index contributed by atoms with van der Waals surface area (Å²) >= 11 is 5.78. The molecule has 0 heterocycles. The van der Waals surface area contributed by atoms with Crippen LogP contribution in [0.2, 0.25) is 5.02 Å². The van der Waals surface area contributed by atoms with E-state index in [1.54, 1.807) is 24.3 Å². The lowest BCUT2D eigenvalue weighted by atomic mass is 10.1. The van der Waals surface area contributed by atoms with Crippen LogP contribution in [-0.2, 0) is 16.1 Å². The molecule has 126 valence electrons. The van der Waals surface area contributed by atoms with Crippen molar-refractivity contribution >= 4 is 23.5 Å². The summed E-state index contributed by atoms with van der Waals surface area (Å²) in [6, 6.07) is 12.6. The molecule has 0 aliphatic rings. The van der Waals surface area contributed by atoms with Gasteiger partial charge in [-0.25, -0.2) is 0 Å². The number of benzene rings is 2. The molecule has 0 radical (unpaired) electrons. The maximum atomic E-state index is 11.9. The molecule has 2 aromatic rings. The molecule has 0 unspecified atom stereocenters. The maximum absolute atomic E-state index is 11.9. The average Bonchev–Trinajstić information content (AvgIpc) is 2.56. The molecule has 0 aliphatic heterocycles. The van der Waals surface area contributed by atoms with Gasteiger partial charge in [-0.15, -0.1) is 0 Å². The van der Waals surface area contributed by atoms with Crippen LogP contribution in [0.15, 0.2) is 42.5 Å². The SMILES string of the molecule is Cc1ccc(C)c(COC(=O)CCNC(=O)c2ccc(Cl)cc2)c1. The van der Waals surface area contributed by atoms with Gasteiger partial charge in [-0.1, -0.05) is 35.4 Å². The van der Waals surface area contributed by atoms with Gasteiger partial charge in [-0.05, 0) is 49.2 Å². The minimum atomic E-state index is -0.340. The van der Waals surface area contributed by atoms with Crippen molar-refractivity contribution in [2.75, 3.05) is 6.54 Å². The normalized spacial score (nSPS) is 10.3. The molecule has 0 aromatic heterocycles. The highest BCUT2D eigenvalue weighted by Crippen LogP contribution is 2.12. The zero-order valence-corrected chi connectivity index (χ0v) is 14.5. The predicted octanol–water partition coefficient (Wildman–Crippen LogP) is 3.82. The monoisotopic (exact) mass is 345 g/mol. The number of esters is 1. The van der Waals surface area contributed by atoms with E-state index in [9.17, 15) is 9.59 Å². The Morgan fingerprint density at radius 3 is 2.50 bits per heavy atom. The fourth-order valence-electron chi connectivity index (χ4n) is 2.17. The number of carbonyl (C=O) groups excluding carboxylic acids is 2. The van der Waals surface area contributed by atoms with Crippen LogP contribution < -0.4 is 5.32 Å². The second kappa shape index (κ2) is 8.50. The minimum Gasteiger partial charge on any atom is -0.461 e. The third kappa shape index (κ3) is 5.39. The summed E-state index contributed by atoms with van der Waals surface area (Å²) in [4.78, 5) is 23.7. The highest BCUT2D eigenvalue weighted by atomic mass is 35.5. The Balaban J connectivity index is 1.74. The van der Waals surface area contributed by atoms with E-state index in [2.05, 4.69) is 5.32 Å². The largest absolute Gasteiger partial charge is 0.461 e. The standard InChI is InChI=1S/C19H20ClNO3/c1-13-3-4-14(2)16(11-13)12-24-18(22)9-10-21-19(23)15-5-7-17(20)8-6-15/h3-8,11H,9-10,12H2,1-2H3,(H,21,23). The number of ether oxygens (including phenoxy) is 1. The molecule has 1 N–H and O–H groups in total. The second-order valence-corrected chi connectivity index (χ2v) is 6.04. The van der Waals surface area contributed by atoms with E-state index in [4.69, 9.17) is 16.3 Å². The predicted molar refractivity (Wildman–Crippen MR) is 94.1 cm³/mol. The molecule has 0 saturated heterocycles. The first-order valence-corrected chi connectivity index (χ1v) is 8.09. The maximum Gasteiger partial charge on any atom is 0.307 e. The quantitative estimate of drug-likeness (QED) is 0.810. The summed E-state index contributed by atoms with van der Waals surface area (Å²) in [5.74, 6) is -0.582. The van der Waals surface area contributed by atoms with E-state index >= 15 is 0 Å². The van der Waals surface area contributed by atoms with Crippen molar-refractivity contribution in [3.05, 3.63) is 69.7 Å². The first-order chi connectivity index (χ1) is 11.5. The van der Waals surface area contributed by atoms with Gasteiger partial charge < -0.3 is 10.1 Å². The van der Waals surface area contributed by atoms with Crippen molar-refractivity contribution in [1.82, 2.24) is 5.32 Å². The number of hydrogen-bond donors (Lipinski definition) is 1. The molecule has 2 aromatic carbocycles. The summed E-state index contributed by atoms with van der Waals surface area (Å²) < 4.78 is 5.26. The molecule has 2 rings (SSSR count). The van der Waals surface area contributed by atoms with Gasteiger partial charge in [-0.2, -0.15) is 0 Å². The highest BCUT2D eigenvalue weighted by molar-refractivity contribution is 6.30. The molecule has 0 spiro atoms. The van der Waals surface area contributed by atoms with Gasteiger partial charge >= 0.3 is 5.97 Å². The second-order valence-electron chi connectivity index (χ2n) is 5.60. The van der Waals surface area contributed by atoms with Crippen LogP contribution in [-0.4, -0.2) is 18.4 Å². The van der Waals surface area contributed by atoms with Gasteiger partial charge in [0.15, 0.2) is 0 Å². The van der Waals surface area contributed by atoms with Gasteiger partial charge in [-0.3, -0.25) is 9.59 Å². The van der Waals surface area contributed by atoms with Crippen LogP contribution in [0.1, 0.15) is 33.5 Å². The molecule has 0 saturated carbocycles. The summed E-state index contributed by atoms with van der Waals surface area (Å²) in [5, 5.41) is 3.26. The van der Waals surface area contributed by atoms with Gasteiger partial charge in [0.2, 0.25) is 0 Å². The number of halogens is 1. The lowest BCUT2D eigenvalue weighted by molar-refractivity contribution is -0.144. The summed E-state index contributed by atoms with van der Waals surface area (Å²) in [7, 11) is 0. The number of aryl methyl sites for hydroxylation is 2. The van der Waals surface area contributed by atoms with E-state index in [0.717, 1.165) is 16.7 Å². The first kappa shape index (κ1) is 18.0. The number of amides is 1. The Morgan fingerprint density at radius 2 is 1.79 bits per heavy atom. The Bertz CT molecular complexity index is 726. The fraction of sp³-hybridized carbons (Fsp3) is 0.263. The molecule has 1 amide bonds. The van der Waals surface area contributed by atoms with E-state index in [0.29, 0.717) is 10.6 Å². The molecule has 5 heteroatoms. The van der Waals surface area contributed by atoms with E-state index in [-0.39, 0.29) is 31.4 Å². The number of carbonyl (C=O) groups is 2. The lowest BCUT2D eigenvalue weighted by Crippen LogP contribution is -2.26. The highest BCUT2D eigenvalue weighted by Gasteiger charge is 2.08. The third-order valence-electron chi connectivity index (χ3n) is 3.61. The van der Waals surface area contributed by atoms with Crippen LogP contribution in [0.5, 0.6) is 0 Å². The zero-order valence-electron chi connectivity index (χ0n) is 13.8. The number of hydrogen-bond acceptors (Lipinski definition) is 3.